The van der Waals surface area contributed by atoms with Gasteiger partial charge in [-0.1, -0.05) is 102 Å². The Morgan fingerprint density at radius 3 is 2.03 bits per heavy atom. The van der Waals surface area contributed by atoms with Gasteiger partial charge in [0.05, 0.1) is 15.2 Å². The number of nitrogens with one attached hydrogen (secondary N) is 1. The molecule has 2 aromatic carbocycles. The molecule has 0 aromatic heterocycles. The van der Waals surface area contributed by atoms with E-state index in [-0.39, 0.29) is 5.41 Å². The van der Waals surface area contributed by atoms with Crippen LogP contribution in [0, 0.1) is 13.8 Å². The van der Waals surface area contributed by atoms with E-state index in [2.05, 4.69) is 99.0 Å². The molecule has 1 N–H and O–H groups in total. The Hall–Kier alpha value is -1.70. The van der Waals surface area contributed by atoms with Crippen LogP contribution in [0.5, 0.6) is 0 Å². The van der Waals surface area contributed by atoms with Gasteiger partial charge in [-0.15, -0.1) is 0 Å². The number of benzene rings is 2. The van der Waals surface area contributed by atoms with Crippen LogP contribution in [0.2, 0.25) is 39.3 Å². The molecule has 0 saturated heterocycles. The van der Waals surface area contributed by atoms with Gasteiger partial charge in [0, 0.05) is 12.7 Å². The van der Waals surface area contributed by atoms with Crippen molar-refractivity contribution in [2.24, 2.45) is 0 Å². The second-order valence-electron chi connectivity index (χ2n) is 13.6. The van der Waals surface area contributed by atoms with Crippen LogP contribution in [0.4, 0.5) is 0 Å². The van der Waals surface area contributed by atoms with E-state index in [4.69, 9.17) is 5.73 Å². The smallest absolute Gasteiger partial charge is 0.267 e. The number of amides is 1. The zero-order valence-electron chi connectivity index (χ0n) is 24.1. The molecule has 1 aliphatic carbocycles. The maximum Gasteiger partial charge on any atom is 0.270 e. The summed E-state index contributed by atoms with van der Waals surface area (Å²) in [7, 11) is -5.30. The third kappa shape index (κ3) is 3.48. The molecule has 0 spiro atoms. The lowest BCUT2D eigenvalue weighted by Crippen LogP contribution is -2.83. The molecule has 187 valence electrons. The Bertz CT molecular complexity index is 1310. The Labute approximate surface area is 216 Å². The van der Waals surface area contributed by atoms with Crippen molar-refractivity contribution in [2.45, 2.75) is 99.1 Å². The van der Waals surface area contributed by atoms with Gasteiger partial charge in [-0.2, -0.15) is 0 Å². The lowest BCUT2D eigenvalue weighted by molar-refractivity contribution is 0.0993. The third-order valence-corrected chi connectivity index (χ3v) is 51.9. The van der Waals surface area contributed by atoms with Crippen LogP contribution in [-0.2, 0) is 11.8 Å². The van der Waals surface area contributed by atoms with E-state index < -0.39 is 28.2 Å². The highest BCUT2D eigenvalue weighted by Crippen LogP contribution is 2.44. The average molecular weight is 519 g/mol. The highest BCUT2D eigenvalue weighted by molar-refractivity contribution is 7.74. The molecule has 4 rings (SSSR count). The van der Waals surface area contributed by atoms with Gasteiger partial charge in [-0.05, 0) is 70.7 Å². The molecule has 0 saturated carbocycles. The first kappa shape index (κ1) is 26.4. The first-order valence-electron chi connectivity index (χ1n) is 13.2. The summed E-state index contributed by atoms with van der Waals surface area (Å²) in [4.78, 5) is 13.3. The third-order valence-electron chi connectivity index (χ3n) is 10.2. The fourth-order valence-corrected chi connectivity index (χ4v) is 40.9. The highest BCUT2D eigenvalue weighted by atomic mass is 29.6. The van der Waals surface area contributed by atoms with Crippen LogP contribution in [0.15, 0.2) is 17.7 Å². The zero-order valence-corrected chi connectivity index (χ0v) is 27.1. The molecule has 0 unspecified atom stereocenters. The molecular formula is C30H44NOSi3. The lowest BCUT2D eigenvalue weighted by atomic mass is 9.80. The van der Waals surface area contributed by atoms with Crippen molar-refractivity contribution < 1.29 is 4.79 Å². The second kappa shape index (κ2) is 7.90. The van der Waals surface area contributed by atoms with Crippen LogP contribution < -0.4 is 16.1 Å². The molecule has 2 aliphatic rings. The minimum Gasteiger partial charge on any atom is -0.267 e. The molecule has 0 atom stereocenters. The van der Waals surface area contributed by atoms with Gasteiger partial charge in [0.25, 0.3) is 5.91 Å². The normalized spacial score (nSPS) is 19.4. The van der Waals surface area contributed by atoms with Gasteiger partial charge in [0.1, 0.15) is 0 Å². The number of hydrogen-bond acceptors (Lipinski definition) is 1. The standard InChI is InChI=1S/C30H44NOSi3/c1-13-20-14-21-16-22(30(4,5)6)17-24(23(21)15-20)25-18(2)27-19(3)28(26(25)29(31)32)34(9,10)35(11,12)33(27,7)8/h14,16-17,31H,13,15H2,1-12H3. The van der Waals surface area contributed by atoms with Crippen LogP contribution in [0.1, 0.15) is 72.3 Å². The maximum absolute atomic E-state index is 13.3. The molecule has 2 bridgehead atoms. The van der Waals surface area contributed by atoms with E-state index in [1.54, 1.807) is 5.19 Å². The lowest BCUT2D eigenvalue weighted by Gasteiger charge is -2.55. The first-order valence-corrected chi connectivity index (χ1v) is 24.2. The van der Waals surface area contributed by atoms with Gasteiger partial charge in [-0.25, -0.2) is 0 Å². The van der Waals surface area contributed by atoms with Crippen LogP contribution in [0.3, 0.4) is 0 Å². The molecule has 0 fully saturated rings. The second-order valence-corrected chi connectivity index (χ2v) is 40.9. The summed E-state index contributed by atoms with van der Waals surface area (Å²) < 4.78 is 0. The summed E-state index contributed by atoms with van der Waals surface area (Å²) in [6.07, 6.45) is 4.38. The van der Waals surface area contributed by atoms with Crippen molar-refractivity contribution in [2.75, 3.05) is 0 Å². The van der Waals surface area contributed by atoms with E-state index in [0.717, 1.165) is 24.0 Å². The van der Waals surface area contributed by atoms with Crippen molar-refractivity contribution in [3.63, 3.8) is 0 Å². The molecule has 1 aliphatic heterocycles. The Morgan fingerprint density at radius 2 is 1.51 bits per heavy atom. The molecule has 1 amide bonds. The van der Waals surface area contributed by atoms with Crippen molar-refractivity contribution >= 4 is 44.6 Å². The SMILES string of the molecule is CCC1=Cc2cc(C(C)(C)C)cc(-c3c(C)c4c(C)c(c3C([NH])=O)[Si](C)(C)[Si](C)(C)[Si]4(C)C)c2C1. The number of carbonyl (C=O) groups excluding carboxylic acids is 1. The van der Waals surface area contributed by atoms with Crippen molar-refractivity contribution in [1.29, 1.82) is 0 Å². The molecule has 35 heavy (non-hydrogen) atoms. The molecule has 1 heterocycles. The Morgan fingerprint density at radius 1 is 0.943 bits per heavy atom. The Balaban J connectivity index is 2.23. The van der Waals surface area contributed by atoms with E-state index in [0.29, 0.717) is 0 Å². The van der Waals surface area contributed by atoms with Gasteiger partial charge in [0.15, 0.2) is 0 Å². The van der Waals surface area contributed by atoms with Crippen molar-refractivity contribution in [3.8, 4) is 11.1 Å². The number of rotatable bonds is 3. The van der Waals surface area contributed by atoms with Crippen LogP contribution in [-0.4, -0.2) is 28.2 Å². The summed E-state index contributed by atoms with van der Waals surface area (Å²) in [6, 6.07) is 4.74. The van der Waals surface area contributed by atoms with Crippen LogP contribution >= 0.6 is 0 Å². The minimum atomic E-state index is -1.93. The zero-order chi connectivity index (χ0) is 26.5. The van der Waals surface area contributed by atoms with Crippen molar-refractivity contribution in [1.82, 2.24) is 5.73 Å². The predicted octanol–water partition coefficient (Wildman–Crippen LogP) is 6.75. The largest absolute Gasteiger partial charge is 0.270 e. The molecule has 2 nitrogen and oxygen atoms in total. The fraction of sp³-hybridized carbons (Fsp3) is 0.500. The maximum atomic E-state index is 13.3. The summed E-state index contributed by atoms with van der Waals surface area (Å²) in [5, 5.41) is 2.90. The van der Waals surface area contributed by atoms with E-state index in [1.807, 2.05) is 0 Å². The van der Waals surface area contributed by atoms with Crippen LogP contribution in [0.25, 0.3) is 17.2 Å². The van der Waals surface area contributed by atoms with E-state index in [1.165, 1.54) is 44.1 Å². The van der Waals surface area contributed by atoms with E-state index in [9.17, 15) is 4.79 Å². The Kier molecular flexibility index (Phi) is 5.95. The van der Waals surface area contributed by atoms with Crippen molar-refractivity contribution in [3.05, 3.63) is 51.1 Å². The quantitative estimate of drug-likeness (QED) is 0.414. The predicted molar refractivity (Wildman–Crippen MR) is 161 cm³/mol. The van der Waals surface area contributed by atoms with Gasteiger partial charge in [-0.3, -0.25) is 10.5 Å². The van der Waals surface area contributed by atoms with Gasteiger partial charge < -0.3 is 0 Å². The van der Waals surface area contributed by atoms with Gasteiger partial charge in [0.2, 0.25) is 0 Å². The number of fused-ring (bicyclic) bond motifs is 3. The van der Waals surface area contributed by atoms with Gasteiger partial charge >= 0.3 is 0 Å². The highest BCUT2D eigenvalue weighted by Gasteiger charge is 2.59. The molecular weight excluding hydrogens is 475 g/mol. The minimum absolute atomic E-state index is 0.00992. The number of carbonyl (C=O) groups is 1. The number of hydrogen-bond donors (Lipinski definition) is 0. The first-order chi connectivity index (χ1) is 15.9. The average Bonchev–Trinajstić information content (AvgIpc) is 3.14. The monoisotopic (exact) mass is 518 g/mol. The summed E-state index contributed by atoms with van der Waals surface area (Å²) >= 11 is 0. The summed E-state index contributed by atoms with van der Waals surface area (Å²) in [5.41, 5.74) is 19.8. The fourth-order valence-electron chi connectivity index (χ4n) is 7.12. The summed E-state index contributed by atoms with van der Waals surface area (Å²) in [6.45, 7) is 29.0. The van der Waals surface area contributed by atoms with E-state index >= 15 is 0 Å². The topological polar surface area (TPSA) is 40.9 Å². The molecule has 5 heteroatoms. The molecule has 1 radical (unpaired) electrons. The summed E-state index contributed by atoms with van der Waals surface area (Å²) in [5.74, 6) is -0.490. The molecule has 2 aromatic rings. The number of allylic oxidation sites excluding steroid dienone is 1.